The summed E-state index contributed by atoms with van der Waals surface area (Å²) in [7, 11) is 6.21. The number of hydrogen-bond acceptors (Lipinski definition) is 7. The van der Waals surface area contributed by atoms with Crippen LogP contribution in [0.25, 0.3) is 21.7 Å². The van der Waals surface area contributed by atoms with Crippen LogP contribution in [0.2, 0.25) is 0 Å². The van der Waals surface area contributed by atoms with Crippen molar-refractivity contribution in [2.75, 3.05) is 33.8 Å². The largest absolute Gasteiger partial charge is 0.496 e. The smallest absolute Gasteiger partial charge is 0.263 e. The number of nitrogens with one attached hydrogen (secondary N) is 1. The predicted molar refractivity (Wildman–Crippen MR) is 146 cm³/mol. The van der Waals surface area contributed by atoms with Crippen LogP contribution in [-0.4, -0.2) is 39.3 Å². The molecule has 0 saturated heterocycles. The average Bonchev–Trinajstić information content (AvgIpc) is 2.96. The maximum absolute atomic E-state index is 13.0. The van der Waals surface area contributed by atoms with Crippen LogP contribution in [0.3, 0.4) is 0 Å². The topological polar surface area (TPSA) is 88.1 Å². The minimum absolute atomic E-state index is 0.324. The zero-order chi connectivity index (χ0) is 26.6. The molecule has 0 aliphatic heterocycles. The van der Waals surface area contributed by atoms with Gasteiger partial charge in [0.15, 0.2) is 11.5 Å². The fourth-order valence-corrected chi connectivity index (χ4v) is 4.30. The molecule has 0 fully saturated rings. The number of ether oxygens (including phenoxy) is 5. The molecule has 0 atom stereocenters. The minimum atomic E-state index is -0.324. The van der Waals surface area contributed by atoms with Gasteiger partial charge in [0.2, 0.25) is 0 Å². The zero-order valence-electron chi connectivity index (χ0n) is 21.4. The second-order valence-electron chi connectivity index (χ2n) is 8.35. The number of methoxy groups -OCH3 is 4. The summed E-state index contributed by atoms with van der Waals surface area (Å²) < 4.78 is 27.8. The molecule has 0 aliphatic carbocycles. The lowest BCUT2D eigenvalue weighted by Gasteiger charge is -2.14. The molecule has 0 unspecified atom stereocenters. The molecule has 38 heavy (non-hydrogen) atoms. The lowest BCUT2D eigenvalue weighted by Crippen LogP contribution is -2.14. The number of carbonyl (C=O) groups excluding carboxylic acids is 1. The van der Waals surface area contributed by atoms with Crippen molar-refractivity contribution in [3.63, 3.8) is 0 Å². The van der Waals surface area contributed by atoms with Gasteiger partial charge >= 0.3 is 0 Å². The van der Waals surface area contributed by atoms with Gasteiger partial charge in [-0.05, 0) is 59.3 Å². The number of anilines is 1. The van der Waals surface area contributed by atoms with Crippen LogP contribution in [-0.2, 0) is 0 Å². The molecule has 5 aromatic rings. The van der Waals surface area contributed by atoms with E-state index in [2.05, 4.69) is 10.3 Å². The molecule has 5 rings (SSSR count). The summed E-state index contributed by atoms with van der Waals surface area (Å²) in [5, 5.41) is 5.63. The number of fused-ring (bicyclic) bond motifs is 2. The van der Waals surface area contributed by atoms with Gasteiger partial charge in [-0.15, -0.1) is 0 Å². The van der Waals surface area contributed by atoms with Crippen molar-refractivity contribution in [3.8, 4) is 34.5 Å². The average molecular weight is 511 g/mol. The highest BCUT2D eigenvalue weighted by Crippen LogP contribution is 2.37. The Morgan fingerprint density at radius 1 is 0.684 bits per heavy atom. The Morgan fingerprint density at radius 2 is 1.34 bits per heavy atom. The Kier molecular flexibility index (Phi) is 6.86. The SMILES string of the molecule is COc1cc2nccc(Oc3ccc4cc(NC(=O)c5c(OC)cccc5OC)ccc4c3)c2cc1OC. The summed E-state index contributed by atoms with van der Waals surface area (Å²) in [6.07, 6.45) is 1.69. The predicted octanol–water partition coefficient (Wildman–Crippen LogP) is 6.47. The summed E-state index contributed by atoms with van der Waals surface area (Å²) in [5.74, 6) is 3.04. The van der Waals surface area contributed by atoms with Gasteiger partial charge < -0.3 is 29.0 Å². The first-order valence-corrected chi connectivity index (χ1v) is 11.8. The third kappa shape index (κ3) is 4.71. The lowest BCUT2D eigenvalue weighted by molar-refractivity contribution is 0.102. The molecule has 1 aromatic heterocycles. The van der Waals surface area contributed by atoms with Crippen molar-refractivity contribution < 1.29 is 28.5 Å². The van der Waals surface area contributed by atoms with Crippen LogP contribution in [0.5, 0.6) is 34.5 Å². The van der Waals surface area contributed by atoms with E-state index in [4.69, 9.17) is 23.7 Å². The van der Waals surface area contributed by atoms with Gasteiger partial charge in [0.25, 0.3) is 5.91 Å². The van der Waals surface area contributed by atoms with Crippen LogP contribution < -0.4 is 29.0 Å². The van der Waals surface area contributed by atoms with Crippen LogP contribution in [0.1, 0.15) is 10.4 Å². The first-order valence-electron chi connectivity index (χ1n) is 11.8. The standard InChI is InChI=1S/C30H26N2O6/c1-34-25-6-5-7-26(35-2)29(25)30(33)32-20-10-8-19-15-21(11-9-18(19)14-20)38-24-12-13-31-23-17-28(37-4)27(36-3)16-22(23)24/h5-17H,1-4H3,(H,32,33). The van der Waals surface area contributed by atoms with Crippen molar-refractivity contribution >= 4 is 33.3 Å². The van der Waals surface area contributed by atoms with Gasteiger partial charge in [-0.1, -0.05) is 18.2 Å². The minimum Gasteiger partial charge on any atom is -0.496 e. The van der Waals surface area contributed by atoms with E-state index >= 15 is 0 Å². The molecule has 0 saturated carbocycles. The van der Waals surface area contributed by atoms with E-state index in [1.165, 1.54) is 14.2 Å². The summed E-state index contributed by atoms with van der Waals surface area (Å²) in [4.78, 5) is 17.5. The van der Waals surface area contributed by atoms with Crippen LogP contribution in [0.4, 0.5) is 5.69 Å². The quantitative estimate of drug-likeness (QED) is 0.256. The zero-order valence-corrected chi connectivity index (χ0v) is 21.4. The van der Waals surface area contributed by atoms with Crippen molar-refractivity contribution in [1.29, 1.82) is 0 Å². The molecule has 0 spiro atoms. The Labute approximate surface area is 219 Å². The lowest BCUT2D eigenvalue weighted by atomic mass is 10.1. The fourth-order valence-electron chi connectivity index (χ4n) is 4.30. The Balaban J connectivity index is 1.41. The molecule has 0 radical (unpaired) electrons. The number of benzene rings is 4. The normalized spacial score (nSPS) is 10.7. The number of nitrogens with zero attached hydrogens (tertiary/aromatic N) is 1. The molecule has 4 aromatic carbocycles. The third-order valence-electron chi connectivity index (χ3n) is 6.16. The van der Waals surface area contributed by atoms with Crippen LogP contribution >= 0.6 is 0 Å². The van der Waals surface area contributed by atoms with Gasteiger partial charge in [0, 0.05) is 23.3 Å². The number of carbonyl (C=O) groups is 1. The van der Waals surface area contributed by atoms with E-state index in [-0.39, 0.29) is 5.91 Å². The molecular weight excluding hydrogens is 484 g/mol. The van der Waals surface area contributed by atoms with Crippen molar-refractivity contribution in [2.45, 2.75) is 0 Å². The molecule has 192 valence electrons. The Morgan fingerprint density at radius 3 is 2.05 bits per heavy atom. The molecule has 1 heterocycles. The fraction of sp³-hybridized carbons (Fsp3) is 0.133. The summed E-state index contributed by atoms with van der Waals surface area (Å²) in [5.41, 5.74) is 1.71. The maximum atomic E-state index is 13.0. The summed E-state index contributed by atoms with van der Waals surface area (Å²) in [6, 6.07) is 22.1. The van der Waals surface area contributed by atoms with E-state index in [1.54, 1.807) is 38.6 Å². The number of hydrogen-bond donors (Lipinski definition) is 1. The van der Waals surface area contributed by atoms with Gasteiger partial charge in [0.05, 0.1) is 34.0 Å². The van der Waals surface area contributed by atoms with E-state index < -0.39 is 0 Å². The maximum Gasteiger partial charge on any atom is 0.263 e. The van der Waals surface area contributed by atoms with Gasteiger partial charge in [-0.3, -0.25) is 9.78 Å². The van der Waals surface area contributed by atoms with E-state index in [0.717, 1.165) is 21.7 Å². The Hall–Kier alpha value is -4.98. The van der Waals surface area contributed by atoms with Crippen molar-refractivity contribution in [1.82, 2.24) is 4.98 Å². The molecule has 8 heteroatoms. The van der Waals surface area contributed by atoms with Gasteiger partial charge in [-0.25, -0.2) is 0 Å². The van der Waals surface area contributed by atoms with Crippen LogP contribution in [0.15, 0.2) is 79.0 Å². The molecule has 0 bridgehead atoms. The highest BCUT2D eigenvalue weighted by molar-refractivity contribution is 6.09. The molecule has 1 N–H and O–H groups in total. The van der Waals surface area contributed by atoms with E-state index in [9.17, 15) is 4.79 Å². The van der Waals surface area contributed by atoms with E-state index in [1.807, 2.05) is 54.6 Å². The third-order valence-corrected chi connectivity index (χ3v) is 6.16. The highest BCUT2D eigenvalue weighted by atomic mass is 16.5. The van der Waals surface area contributed by atoms with Gasteiger partial charge in [-0.2, -0.15) is 0 Å². The number of aromatic nitrogens is 1. The molecule has 1 amide bonds. The molecule has 8 nitrogen and oxygen atoms in total. The van der Waals surface area contributed by atoms with Crippen LogP contribution in [0, 0.1) is 0 Å². The summed E-state index contributed by atoms with van der Waals surface area (Å²) >= 11 is 0. The molecule has 0 aliphatic rings. The van der Waals surface area contributed by atoms with Gasteiger partial charge in [0.1, 0.15) is 28.6 Å². The van der Waals surface area contributed by atoms with E-state index in [0.29, 0.717) is 45.7 Å². The number of rotatable bonds is 8. The molecular formula is C30H26N2O6. The second-order valence-corrected chi connectivity index (χ2v) is 8.35. The number of pyridine rings is 1. The first-order chi connectivity index (χ1) is 18.5. The summed E-state index contributed by atoms with van der Waals surface area (Å²) in [6.45, 7) is 0. The van der Waals surface area contributed by atoms with Crippen molar-refractivity contribution in [3.05, 3.63) is 84.6 Å². The van der Waals surface area contributed by atoms with Crippen molar-refractivity contribution in [2.24, 2.45) is 0 Å². The monoisotopic (exact) mass is 510 g/mol. The number of amides is 1. The first kappa shape index (κ1) is 24.7. The Bertz CT molecular complexity index is 1630. The highest BCUT2D eigenvalue weighted by Gasteiger charge is 2.18. The second kappa shape index (κ2) is 10.6.